The Labute approximate surface area is 118 Å². The van der Waals surface area contributed by atoms with E-state index in [2.05, 4.69) is 9.97 Å². The van der Waals surface area contributed by atoms with Crippen molar-refractivity contribution in [3.8, 4) is 0 Å². The van der Waals surface area contributed by atoms with Gasteiger partial charge >= 0.3 is 0 Å². The van der Waals surface area contributed by atoms with E-state index in [0.29, 0.717) is 11.1 Å². The van der Waals surface area contributed by atoms with Crippen LogP contribution in [0.25, 0.3) is 11.1 Å². The third-order valence-electron chi connectivity index (χ3n) is 4.44. The number of aliphatic hydroxyl groups excluding tert-OH is 1. The summed E-state index contributed by atoms with van der Waals surface area (Å²) in [7, 11) is 0. The van der Waals surface area contributed by atoms with Gasteiger partial charge in [0, 0.05) is 5.56 Å². The van der Waals surface area contributed by atoms with Gasteiger partial charge in [-0.05, 0) is 6.92 Å². The van der Waals surface area contributed by atoms with Gasteiger partial charge in [-0.2, -0.15) is 4.98 Å². The van der Waals surface area contributed by atoms with E-state index in [9.17, 15) is 15.3 Å². The van der Waals surface area contributed by atoms with E-state index < -0.39 is 29.5 Å². The molecule has 1 saturated heterocycles. The van der Waals surface area contributed by atoms with Crippen molar-refractivity contribution in [1.29, 1.82) is 0 Å². The molecule has 2 aliphatic rings. The van der Waals surface area contributed by atoms with E-state index in [1.807, 2.05) is 0 Å². The molecule has 0 spiro atoms. The molecule has 0 aromatic carbocycles. The first-order valence-corrected chi connectivity index (χ1v) is 6.37. The average Bonchev–Trinajstić information content (AvgIpc) is 2.73. The Morgan fingerprint density at radius 1 is 1.29 bits per heavy atom. The number of nitrogens with two attached hydrogens (primary N) is 2. The maximum absolute atomic E-state index is 10.6. The molecule has 4 rings (SSSR count). The van der Waals surface area contributed by atoms with Crippen LogP contribution < -0.4 is 11.5 Å². The summed E-state index contributed by atoms with van der Waals surface area (Å²) in [5.41, 5.74) is 8.79. The maximum atomic E-state index is 10.6. The van der Waals surface area contributed by atoms with Crippen LogP contribution in [0.3, 0.4) is 0 Å². The van der Waals surface area contributed by atoms with Crippen molar-refractivity contribution in [2.75, 3.05) is 11.5 Å². The third kappa shape index (κ3) is 1.29. The van der Waals surface area contributed by atoms with Crippen LogP contribution in [0, 0.1) is 0 Å². The van der Waals surface area contributed by atoms with Gasteiger partial charge in [0.2, 0.25) is 5.95 Å². The van der Waals surface area contributed by atoms with Crippen LogP contribution in [-0.2, 0) is 4.74 Å². The van der Waals surface area contributed by atoms with Crippen LogP contribution in [0.2, 0.25) is 0 Å². The van der Waals surface area contributed by atoms with Crippen molar-refractivity contribution < 1.29 is 24.5 Å². The van der Waals surface area contributed by atoms with Crippen LogP contribution >= 0.6 is 0 Å². The summed E-state index contributed by atoms with van der Waals surface area (Å²) in [5.74, 6) is 0.0366. The van der Waals surface area contributed by atoms with Crippen molar-refractivity contribution in [1.82, 2.24) is 9.97 Å². The largest absolute Gasteiger partial charge is 0.458 e. The summed E-state index contributed by atoms with van der Waals surface area (Å²) in [4.78, 5) is 7.83. The molecule has 9 nitrogen and oxygen atoms in total. The van der Waals surface area contributed by atoms with Gasteiger partial charge in [-0.25, -0.2) is 4.98 Å². The number of ether oxygens (including phenoxy) is 1. The molecule has 2 aromatic rings. The molecule has 7 N–H and O–H groups in total. The molecular formula is C12H14N4O5. The van der Waals surface area contributed by atoms with E-state index in [0.717, 1.165) is 0 Å². The molecule has 1 aliphatic carbocycles. The number of nitrogen functional groups attached to an aromatic ring is 2. The monoisotopic (exact) mass is 294 g/mol. The summed E-state index contributed by atoms with van der Waals surface area (Å²) >= 11 is 0. The predicted octanol–water partition coefficient (Wildman–Crippen LogP) is -1.32. The fraction of sp³-hybridized carbons (Fsp3) is 0.500. The number of nitrogens with zero attached hydrogens (tertiary/aromatic N) is 2. The predicted molar refractivity (Wildman–Crippen MR) is 69.8 cm³/mol. The number of hydrogen-bond donors (Lipinski definition) is 5. The Hall–Kier alpha value is -1.94. The van der Waals surface area contributed by atoms with E-state index in [1.54, 1.807) is 0 Å². The molecular weight excluding hydrogens is 280 g/mol. The van der Waals surface area contributed by atoms with E-state index in [1.165, 1.54) is 13.2 Å². The van der Waals surface area contributed by atoms with Crippen LogP contribution in [0.4, 0.5) is 11.8 Å². The Kier molecular flexibility index (Phi) is 2.10. The van der Waals surface area contributed by atoms with Crippen molar-refractivity contribution in [3.63, 3.8) is 0 Å². The van der Waals surface area contributed by atoms with E-state index >= 15 is 0 Å². The van der Waals surface area contributed by atoms with Gasteiger partial charge in [0.1, 0.15) is 29.4 Å². The van der Waals surface area contributed by atoms with E-state index in [4.69, 9.17) is 20.6 Å². The lowest BCUT2D eigenvalue weighted by Gasteiger charge is -2.30. The molecule has 1 saturated carbocycles. The fourth-order valence-corrected chi connectivity index (χ4v) is 3.12. The fourth-order valence-electron chi connectivity index (χ4n) is 3.12. The van der Waals surface area contributed by atoms with Crippen LogP contribution in [0.1, 0.15) is 18.6 Å². The molecule has 3 heterocycles. The highest BCUT2D eigenvalue weighted by Crippen LogP contribution is 2.61. The zero-order valence-corrected chi connectivity index (χ0v) is 11.0. The summed E-state index contributed by atoms with van der Waals surface area (Å²) in [6.07, 6.45) is -1.56. The molecule has 1 aliphatic heterocycles. The van der Waals surface area contributed by atoms with Crippen molar-refractivity contribution in [2.24, 2.45) is 0 Å². The summed E-state index contributed by atoms with van der Waals surface area (Å²) < 4.78 is 10.9. The lowest BCUT2D eigenvalue weighted by atomic mass is 9.87. The van der Waals surface area contributed by atoms with Gasteiger partial charge in [-0.3, -0.25) is 0 Å². The smallest absolute Gasteiger partial charge is 0.222 e. The van der Waals surface area contributed by atoms with Gasteiger partial charge in [0.15, 0.2) is 17.0 Å². The van der Waals surface area contributed by atoms with Gasteiger partial charge < -0.3 is 35.9 Å². The first-order chi connectivity index (χ1) is 9.78. The second-order valence-electron chi connectivity index (χ2n) is 5.69. The van der Waals surface area contributed by atoms with Crippen LogP contribution in [0.15, 0.2) is 10.7 Å². The molecule has 21 heavy (non-hydrogen) atoms. The van der Waals surface area contributed by atoms with Crippen LogP contribution in [-0.4, -0.2) is 48.7 Å². The summed E-state index contributed by atoms with van der Waals surface area (Å²) in [6, 6.07) is 0. The van der Waals surface area contributed by atoms with Gasteiger partial charge in [0.25, 0.3) is 0 Å². The second kappa shape index (κ2) is 3.45. The lowest BCUT2D eigenvalue weighted by molar-refractivity contribution is -0.134. The Balaban J connectivity index is 1.86. The van der Waals surface area contributed by atoms with Crippen molar-refractivity contribution in [2.45, 2.75) is 36.4 Å². The third-order valence-corrected chi connectivity index (χ3v) is 4.44. The highest BCUT2D eigenvalue weighted by Gasteiger charge is 2.81. The minimum absolute atomic E-state index is 0.0378. The number of fused-ring (bicyclic) bond motifs is 2. The summed E-state index contributed by atoms with van der Waals surface area (Å²) in [6.45, 7) is 1.39. The highest BCUT2D eigenvalue weighted by molar-refractivity contribution is 5.86. The number of furan rings is 1. The minimum atomic E-state index is -1.71. The molecule has 9 heteroatoms. The molecule has 112 valence electrons. The molecule has 5 atom stereocenters. The molecule has 0 amide bonds. The minimum Gasteiger partial charge on any atom is -0.458 e. The van der Waals surface area contributed by atoms with Gasteiger partial charge in [-0.15, -0.1) is 0 Å². The topological polar surface area (TPSA) is 161 Å². The number of hydrogen-bond acceptors (Lipinski definition) is 9. The molecule has 2 aromatic heterocycles. The summed E-state index contributed by atoms with van der Waals surface area (Å²) in [5, 5.41) is 30.5. The normalized spacial score (nSPS) is 41.4. The molecule has 2 fully saturated rings. The zero-order valence-electron chi connectivity index (χ0n) is 11.0. The number of aromatic nitrogens is 2. The van der Waals surface area contributed by atoms with Crippen molar-refractivity contribution >= 4 is 22.9 Å². The van der Waals surface area contributed by atoms with E-state index in [-0.39, 0.29) is 17.3 Å². The van der Waals surface area contributed by atoms with Gasteiger partial charge in [-0.1, -0.05) is 0 Å². The van der Waals surface area contributed by atoms with Crippen LogP contribution in [0.5, 0.6) is 0 Å². The Bertz CT molecular complexity index is 759. The standard InChI is InChI=1S/C12H14N4O5/c1-11(18)7(21-8-6(17)12(8,11)19)3-2-20-5-4(3)15-10(14)16-9(5)13/h2,6-8,17-19H,1H3,(H4,13,14,15,16)/t6?,7-,8+,11-,12+/m0/s1. The average molecular weight is 294 g/mol. The van der Waals surface area contributed by atoms with Crippen molar-refractivity contribution in [3.05, 3.63) is 11.8 Å². The maximum Gasteiger partial charge on any atom is 0.222 e. The first kappa shape index (κ1) is 12.8. The van der Waals surface area contributed by atoms with Gasteiger partial charge in [0.05, 0.1) is 6.26 Å². The SMILES string of the molecule is C[C@]1(O)[C@H](c2coc3c(N)nc(N)nc23)O[C@@H]2C(O)[C@@]21O. The first-order valence-electron chi connectivity index (χ1n) is 6.37. The molecule has 1 unspecified atom stereocenters. The number of rotatable bonds is 1. The Morgan fingerprint density at radius 3 is 2.62 bits per heavy atom. The molecule has 0 bridgehead atoms. The molecule has 0 radical (unpaired) electrons. The second-order valence-corrected chi connectivity index (χ2v) is 5.69. The Morgan fingerprint density at radius 2 is 2.00 bits per heavy atom. The number of aliphatic hydroxyl groups is 3. The zero-order chi connectivity index (χ0) is 15.2. The highest BCUT2D eigenvalue weighted by atomic mass is 16.6. The number of anilines is 2. The quantitative estimate of drug-likeness (QED) is 0.429. The lowest BCUT2D eigenvalue weighted by Crippen LogP contribution is -2.46.